The smallest absolute Gasteiger partial charge is 0.325 e. The van der Waals surface area contributed by atoms with Crippen molar-refractivity contribution < 1.29 is 18.8 Å². The van der Waals surface area contributed by atoms with E-state index in [-0.39, 0.29) is 16.7 Å². The number of fused-ring (bicyclic) bond motifs is 1. The average molecular weight is 370 g/mol. The third-order valence-corrected chi connectivity index (χ3v) is 3.60. The van der Waals surface area contributed by atoms with Gasteiger partial charge in [0.15, 0.2) is 0 Å². The molecule has 0 saturated heterocycles. The highest BCUT2D eigenvalue weighted by molar-refractivity contribution is 6.42. The maximum absolute atomic E-state index is 12.5. The molecule has 0 fully saturated rings. The Morgan fingerprint density at radius 1 is 1.37 bits per heavy atom. The van der Waals surface area contributed by atoms with Gasteiger partial charge >= 0.3 is 5.69 Å². The number of aromatic nitrogens is 2. The number of hydrogen-bond donors (Lipinski definition) is 2. The van der Waals surface area contributed by atoms with Crippen LogP contribution in [-0.2, 0) is 9.59 Å². The Labute approximate surface area is 151 Å². The third kappa shape index (κ3) is 3.96. The van der Waals surface area contributed by atoms with Crippen LogP contribution in [0.5, 0.6) is 0 Å². The zero-order valence-electron chi connectivity index (χ0n) is 14.1. The number of hydrogen-bond acceptors (Lipinski definition) is 7. The maximum atomic E-state index is 12.5. The molecule has 2 amide bonds. The minimum Gasteiger partial charge on any atom is -0.805 e. The number of ketones is 1. The van der Waals surface area contributed by atoms with E-state index in [2.05, 4.69) is 5.10 Å². The molecular weight excluding hydrogens is 356 g/mol. The van der Waals surface area contributed by atoms with E-state index < -0.39 is 41.8 Å². The van der Waals surface area contributed by atoms with Crippen molar-refractivity contribution in [2.45, 2.75) is 19.8 Å². The lowest BCUT2D eigenvalue weighted by molar-refractivity contribution is -0.468. The van der Waals surface area contributed by atoms with Crippen molar-refractivity contribution in [3.63, 3.8) is 0 Å². The first-order valence-corrected chi connectivity index (χ1v) is 7.57. The number of nitrogens with zero attached hydrogens (tertiary/aromatic N) is 4. The van der Waals surface area contributed by atoms with Gasteiger partial charge in [-0.2, -0.15) is 10.4 Å². The van der Waals surface area contributed by atoms with E-state index in [4.69, 9.17) is 11.0 Å². The number of nitrogens with one attached hydrogen (secondary N) is 1. The molecule has 0 saturated carbocycles. The predicted octanol–water partition coefficient (Wildman–Crippen LogP) is -0.346. The maximum Gasteiger partial charge on any atom is 0.325 e. The lowest BCUT2D eigenvalue weighted by Gasteiger charge is -2.15. The molecule has 1 aromatic heterocycles. The van der Waals surface area contributed by atoms with E-state index in [0.29, 0.717) is 9.16 Å². The van der Waals surface area contributed by atoms with Crippen LogP contribution in [-0.4, -0.2) is 28.0 Å². The molecule has 0 aliphatic heterocycles. The van der Waals surface area contributed by atoms with E-state index >= 15 is 0 Å². The van der Waals surface area contributed by atoms with Crippen molar-refractivity contribution in [1.82, 2.24) is 10.2 Å². The number of rotatable bonds is 6. The zero-order chi connectivity index (χ0) is 20.1. The molecule has 2 aromatic rings. The fraction of sp³-hybridized carbons (Fsp3) is 0.188. The normalized spacial score (nSPS) is 11.0. The fourth-order valence-electron chi connectivity index (χ4n) is 2.33. The van der Waals surface area contributed by atoms with Crippen LogP contribution in [0.3, 0.4) is 0 Å². The summed E-state index contributed by atoms with van der Waals surface area (Å²) in [5.41, 5.74) is 5.93. The molecule has 0 aliphatic carbocycles. The summed E-state index contributed by atoms with van der Waals surface area (Å²) in [4.78, 5) is 47.8. The fourth-order valence-corrected chi connectivity index (χ4v) is 2.33. The molecule has 3 N–H and O–H groups in total. The number of hydrazone groups is 1. The summed E-state index contributed by atoms with van der Waals surface area (Å²) in [5, 5.41) is 24.1. The van der Waals surface area contributed by atoms with Crippen molar-refractivity contribution >= 4 is 34.3 Å². The number of Topliss-reactive ketones (excluding diaryl/α,β-unsaturated/α-hetero) is 1. The van der Waals surface area contributed by atoms with Gasteiger partial charge in [-0.25, -0.2) is 5.43 Å². The first-order chi connectivity index (χ1) is 12.8. The highest BCUT2D eigenvalue weighted by Crippen LogP contribution is 2.14. The summed E-state index contributed by atoms with van der Waals surface area (Å²) >= 11 is 0. The van der Waals surface area contributed by atoms with Gasteiger partial charge in [-0.05, 0) is 13.0 Å². The summed E-state index contributed by atoms with van der Waals surface area (Å²) in [6.45, 7) is 1.29. The molecular formula is C16H14N6O5. The standard InChI is InChI=1S/C16H14N6O5/c1-9-15(22(27)12-5-3-2-4-11(12)21(9)26)13(23)8-10(16(18)25)19-20-14(24)6-7-17/h2-5H,6,8H2,1H3,(H2,18,25)(H,20,24)/b19-10-. The van der Waals surface area contributed by atoms with Crippen LogP contribution in [0.2, 0.25) is 0 Å². The van der Waals surface area contributed by atoms with Crippen LogP contribution in [0.15, 0.2) is 29.4 Å². The first kappa shape index (κ1) is 19.3. The highest BCUT2D eigenvalue weighted by atomic mass is 16.5. The van der Waals surface area contributed by atoms with Crippen molar-refractivity contribution in [3.05, 3.63) is 45.8 Å². The van der Waals surface area contributed by atoms with E-state index in [1.165, 1.54) is 25.1 Å². The molecule has 0 atom stereocenters. The van der Waals surface area contributed by atoms with Gasteiger partial charge in [-0.3, -0.25) is 14.4 Å². The zero-order valence-corrected chi connectivity index (χ0v) is 14.1. The van der Waals surface area contributed by atoms with Crippen LogP contribution in [0.1, 0.15) is 29.0 Å². The molecule has 11 nitrogen and oxygen atoms in total. The van der Waals surface area contributed by atoms with Gasteiger partial charge in [0.1, 0.15) is 17.6 Å². The molecule has 0 radical (unpaired) electrons. The number of para-hydroxylation sites is 2. The number of nitriles is 1. The largest absolute Gasteiger partial charge is 0.805 e. The molecule has 1 heterocycles. The number of benzene rings is 1. The summed E-state index contributed by atoms with van der Waals surface area (Å²) < 4.78 is 0.737. The molecule has 11 heteroatoms. The molecule has 2 rings (SSSR count). The quantitative estimate of drug-likeness (QED) is 0.304. The Morgan fingerprint density at radius 3 is 2.67 bits per heavy atom. The number of carbonyl (C=O) groups excluding carboxylic acids is 3. The second-order valence-electron chi connectivity index (χ2n) is 5.40. The molecule has 1 aromatic carbocycles. The minimum absolute atomic E-state index is 0.0265. The SMILES string of the molecule is Cc1c(C(=O)C/C(=N/NC(=O)CC#N)C(N)=O)[n+](=O)c2ccccc2n1[O-]. The van der Waals surface area contributed by atoms with Crippen molar-refractivity contribution in [2.75, 3.05) is 0 Å². The molecule has 0 spiro atoms. The summed E-state index contributed by atoms with van der Waals surface area (Å²) in [6.07, 6.45) is -1.23. The van der Waals surface area contributed by atoms with Crippen molar-refractivity contribution in [2.24, 2.45) is 10.8 Å². The number of nitrogens with two attached hydrogens (primary N) is 1. The van der Waals surface area contributed by atoms with Gasteiger partial charge in [-0.1, -0.05) is 12.1 Å². The van der Waals surface area contributed by atoms with Crippen LogP contribution in [0, 0.1) is 28.4 Å². The Morgan fingerprint density at radius 2 is 2.04 bits per heavy atom. The monoisotopic (exact) mass is 370 g/mol. The van der Waals surface area contributed by atoms with Crippen LogP contribution in [0.4, 0.5) is 0 Å². The van der Waals surface area contributed by atoms with Gasteiger partial charge in [0.25, 0.3) is 17.3 Å². The molecule has 27 heavy (non-hydrogen) atoms. The molecule has 0 bridgehead atoms. The van der Waals surface area contributed by atoms with Gasteiger partial charge in [-0.15, -0.1) is 0 Å². The summed E-state index contributed by atoms with van der Waals surface area (Å²) in [7, 11) is 0. The first-order valence-electron chi connectivity index (χ1n) is 7.57. The minimum atomic E-state index is -1.11. The van der Waals surface area contributed by atoms with E-state index in [1.54, 1.807) is 12.1 Å². The second kappa shape index (κ2) is 7.87. The van der Waals surface area contributed by atoms with E-state index in [9.17, 15) is 24.5 Å². The van der Waals surface area contributed by atoms with Gasteiger partial charge in [0.05, 0.1) is 22.6 Å². The van der Waals surface area contributed by atoms with Crippen LogP contribution in [0.25, 0.3) is 11.0 Å². The lowest BCUT2D eigenvalue weighted by Crippen LogP contribution is -2.34. The van der Waals surface area contributed by atoms with E-state index in [1.807, 2.05) is 5.43 Å². The number of carbonyl (C=O) groups is 3. The molecule has 0 aliphatic rings. The Balaban J connectivity index is 2.44. The molecule has 138 valence electrons. The summed E-state index contributed by atoms with van der Waals surface area (Å²) in [5.74, 6) is -2.79. The van der Waals surface area contributed by atoms with Gasteiger partial charge in [0, 0.05) is 11.0 Å². The summed E-state index contributed by atoms with van der Waals surface area (Å²) in [6, 6.07) is 7.48. The van der Waals surface area contributed by atoms with Gasteiger partial charge in [0.2, 0.25) is 5.78 Å². The topological polar surface area (TPSA) is 176 Å². The second-order valence-corrected chi connectivity index (χ2v) is 5.40. The number of primary amides is 1. The Bertz CT molecular complexity index is 1080. The third-order valence-electron chi connectivity index (χ3n) is 3.60. The van der Waals surface area contributed by atoms with Crippen LogP contribution >= 0.6 is 0 Å². The lowest BCUT2D eigenvalue weighted by atomic mass is 10.1. The van der Waals surface area contributed by atoms with E-state index in [0.717, 1.165) is 0 Å². The number of amides is 2. The molecule has 0 unspecified atom stereocenters. The Hall–Kier alpha value is -4.07. The highest BCUT2D eigenvalue weighted by Gasteiger charge is 2.29. The van der Waals surface area contributed by atoms with Gasteiger partial charge < -0.3 is 15.7 Å². The average Bonchev–Trinajstić information content (AvgIpc) is 2.63. The van der Waals surface area contributed by atoms with Crippen molar-refractivity contribution in [3.8, 4) is 6.07 Å². The Kier molecular flexibility index (Phi) is 5.62. The predicted molar refractivity (Wildman–Crippen MR) is 92.8 cm³/mol. The van der Waals surface area contributed by atoms with Crippen molar-refractivity contribution in [1.29, 1.82) is 5.26 Å². The van der Waals surface area contributed by atoms with Crippen LogP contribution < -0.4 is 15.6 Å².